The van der Waals surface area contributed by atoms with Crippen molar-refractivity contribution in [2.75, 3.05) is 23.3 Å². The fourth-order valence-corrected chi connectivity index (χ4v) is 4.07. The summed E-state index contributed by atoms with van der Waals surface area (Å²) >= 11 is 0. The van der Waals surface area contributed by atoms with Crippen molar-refractivity contribution in [3.8, 4) is 0 Å². The minimum atomic E-state index is -0.344. The molecule has 0 aliphatic carbocycles. The highest BCUT2D eigenvalue weighted by molar-refractivity contribution is 6.44. The molecule has 0 atom stereocenters. The Morgan fingerprint density at radius 1 is 1.14 bits per heavy atom. The number of nitrogens with one attached hydrogen (secondary N) is 2. The third kappa shape index (κ3) is 4.31. The summed E-state index contributed by atoms with van der Waals surface area (Å²) in [4.78, 5) is 42.2. The third-order valence-electron chi connectivity index (χ3n) is 5.57. The molecule has 3 aliphatic rings. The van der Waals surface area contributed by atoms with Crippen LogP contribution in [0.1, 0.15) is 50.0 Å². The first-order chi connectivity index (χ1) is 14.0. The van der Waals surface area contributed by atoms with Gasteiger partial charge in [-0.2, -0.15) is 0 Å². The molecule has 1 aromatic carbocycles. The van der Waals surface area contributed by atoms with Crippen LogP contribution in [0.4, 0.5) is 11.4 Å². The molecule has 3 N–H and O–H groups in total. The predicted octanol–water partition coefficient (Wildman–Crippen LogP) is 2.38. The van der Waals surface area contributed by atoms with Crippen molar-refractivity contribution >= 4 is 34.8 Å². The second-order valence-corrected chi connectivity index (χ2v) is 7.68. The molecule has 0 saturated carbocycles. The smallest absolute Gasteiger partial charge is 0.270 e. The topological polar surface area (TPSA) is 111 Å². The number of piperidine rings is 2. The number of aliphatic imine (C=N–C) groups is 1. The van der Waals surface area contributed by atoms with Gasteiger partial charge in [0.05, 0.1) is 11.4 Å². The normalized spacial score (nSPS) is 20.2. The van der Waals surface area contributed by atoms with Crippen LogP contribution in [0.5, 0.6) is 0 Å². The zero-order valence-electron chi connectivity index (χ0n) is 16.1. The standard InChI is InChI=1S/C21H24N4O4/c26-18-7-6-16(22-18)21(29)23-15-5-4-13(14-11-19(27)24-20(28)12-14)10-17(15)25-8-2-1-3-9-25/h4-5,7,10,14,26H,1-3,6,8-9,11-12H2,(H,23,29)(H,24,27,28). The molecule has 3 aliphatic heterocycles. The Labute approximate surface area is 168 Å². The summed E-state index contributed by atoms with van der Waals surface area (Å²) in [6.45, 7) is 1.78. The van der Waals surface area contributed by atoms with Gasteiger partial charge in [-0.25, -0.2) is 4.99 Å². The molecule has 3 heterocycles. The first-order valence-electron chi connectivity index (χ1n) is 9.99. The Morgan fingerprint density at radius 3 is 2.52 bits per heavy atom. The highest BCUT2D eigenvalue weighted by Crippen LogP contribution is 2.35. The zero-order valence-corrected chi connectivity index (χ0v) is 16.1. The number of hydrogen-bond acceptors (Lipinski definition) is 6. The number of amides is 3. The lowest BCUT2D eigenvalue weighted by Crippen LogP contribution is -2.37. The Balaban J connectivity index is 1.61. The molecular formula is C21H24N4O4. The fraction of sp³-hybridized carbons (Fsp3) is 0.429. The summed E-state index contributed by atoms with van der Waals surface area (Å²) < 4.78 is 0. The van der Waals surface area contributed by atoms with E-state index in [-0.39, 0.29) is 48.1 Å². The lowest BCUT2D eigenvalue weighted by Gasteiger charge is -2.32. The number of carbonyl (C=O) groups excluding carboxylic acids is 3. The van der Waals surface area contributed by atoms with Gasteiger partial charge in [0.25, 0.3) is 5.91 Å². The molecule has 0 radical (unpaired) electrons. The second kappa shape index (κ2) is 8.06. The fourth-order valence-electron chi connectivity index (χ4n) is 4.07. The number of allylic oxidation sites excluding steroid dienone is 1. The second-order valence-electron chi connectivity index (χ2n) is 7.68. The number of aliphatic hydroxyl groups excluding tert-OH is 1. The number of benzene rings is 1. The zero-order chi connectivity index (χ0) is 20.4. The molecule has 0 bridgehead atoms. The van der Waals surface area contributed by atoms with Crippen LogP contribution in [0.3, 0.4) is 0 Å². The van der Waals surface area contributed by atoms with Gasteiger partial charge in [0, 0.05) is 38.3 Å². The van der Waals surface area contributed by atoms with Gasteiger partial charge in [-0.05, 0) is 43.0 Å². The monoisotopic (exact) mass is 396 g/mol. The van der Waals surface area contributed by atoms with E-state index in [4.69, 9.17) is 0 Å². The van der Waals surface area contributed by atoms with E-state index in [0.29, 0.717) is 12.1 Å². The van der Waals surface area contributed by atoms with Crippen LogP contribution < -0.4 is 15.5 Å². The molecule has 0 spiro atoms. The molecule has 152 valence electrons. The molecule has 0 aromatic heterocycles. The van der Waals surface area contributed by atoms with Crippen LogP contribution in [0.25, 0.3) is 0 Å². The summed E-state index contributed by atoms with van der Waals surface area (Å²) in [6.07, 6.45) is 5.68. The Bertz CT molecular complexity index is 899. The van der Waals surface area contributed by atoms with Crippen molar-refractivity contribution < 1.29 is 19.5 Å². The number of rotatable bonds is 4. The molecule has 2 fully saturated rings. The van der Waals surface area contributed by atoms with Gasteiger partial charge in [0.2, 0.25) is 17.7 Å². The molecular weight excluding hydrogens is 372 g/mol. The SMILES string of the molecule is O=C1CC(c2ccc(NC(=O)C3=NC(O)=CC3)c(N3CCCCC3)c2)CC(=O)N1. The number of imide groups is 1. The van der Waals surface area contributed by atoms with E-state index in [2.05, 4.69) is 20.5 Å². The van der Waals surface area contributed by atoms with Gasteiger partial charge in [-0.3, -0.25) is 19.7 Å². The van der Waals surface area contributed by atoms with E-state index in [1.54, 1.807) is 0 Å². The van der Waals surface area contributed by atoms with E-state index >= 15 is 0 Å². The first-order valence-corrected chi connectivity index (χ1v) is 9.99. The molecule has 0 unspecified atom stereocenters. The highest BCUT2D eigenvalue weighted by atomic mass is 16.3. The van der Waals surface area contributed by atoms with E-state index in [0.717, 1.165) is 37.2 Å². The van der Waals surface area contributed by atoms with E-state index in [1.165, 1.54) is 12.5 Å². The molecule has 8 heteroatoms. The lowest BCUT2D eigenvalue weighted by molar-refractivity contribution is -0.133. The van der Waals surface area contributed by atoms with Gasteiger partial charge < -0.3 is 15.3 Å². The van der Waals surface area contributed by atoms with Crippen molar-refractivity contribution in [1.29, 1.82) is 0 Å². The molecule has 8 nitrogen and oxygen atoms in total. The maximum Gasteiger partial charge on any atom is 0.270 e. The Hall–Kier alpha value is -3.16. The molecule has 2 saturated heterocycles. The first kappa shape index (κ1) is 19.2. The number of carbonyl (C=O) groups is 3. The van der Waals surface area contributed by atoms with Crippen LogP contribution in [-0.2, 0) is 14.4 Å². The van der Waals surface area contributed by atoms with Gasteiger partial charge in [-0.1, -0.05) is 6.07 Å². The summed E-state index contributed by atoms with van der Waals surface area (Å²) in [7, 11) is 0. The van der Waals surface area contributed by atoms with Crippen molar-refractivity contribution in [3.05, 3.63) is 35.7 Å². The van der Waals surface area contributed by atoms with Gasteiger partial charge in [0.15, 0.2) is 0 Å². The van der Waals surface area contributed by atoms with Crippen molar-refractivity contribution in [3.63, 3.8) is 0 Å². The average molecular weight is 396 g/mol. The molecule has 4 rings (SSSR count). The minimum absolute atomic E-state index is 0.137. The van der Waals surface area contributed by atoms with Crippen LogP contribution in [0.2, 0.25) is 0 Å². The molecule has 29 heavy (non-hydrogen) atoms. The van der Waals surface area contributed by atoms with Crippen molar-refractivity contribution in [1.82, 2.24) is 5.32 Å². The Kier molecular flexibility index (Phi) is 5.33. The van der Waals surface area contributed by atoms with Gasteiger partial charge in [0.1, 0.15) is 5.71 Å². The largest absolute Gasteiger partial charge is 0.493 e. The average Bonchev–Trinajstić information content (AvgIpc) is 3.15. The number of nitrogens with zero attached hydrogens (tertiary/aromatic N) is 2. The van der Waals surface area contributed by atoms with Crippen LogP contribution in [0.15, 0.2) is 35.2 Å². The van der Waals surface area contributed by atoms with Crippen LogP contribution in [0, 0.1) is 0 Å². The van der Waals surface area contributed by atoms with E-state index in [9.17, 15) is 19.5 Å². The van der Waals surface area contributed by atoms with E-state index < -0.39 is 0 Å². The lowest BCUT2D eigenvalue weighted by atomic mass is 9.88. The number of hydrogen-bond donors (Lipinski definition) is 3. The van der Waals surface area contributed by atoms with Crippen LogP contribution >= 0.6 is 0 Å². The molecule has 1 aromatic rings. The van der Waals surface area contributed by atoms with E-state index in [1.807, 2.05) is 18.2 Å². The van der Waals surface area contributed by atoms with Gasteiger partial charge >= 0.3 is 0 Å². The summed E-state index contributed by atoms with van der Waals surface area (Å²) in [6, 6.07) is 5.69. The van der Waals surface area contributed by atoms with Crippen molar-refractivity contribution in [2.45, 2.75) is 44.4 Å². The summed E-state index contributed by atoms with van der Waals surface area (Å²) in [5.41, 5.74) is 2.75. The maximum atomic E-state index is 12.6. The third-order valence-corrected chi connectivity index (χ3v) is 5.57. The number of aliphatic hydroxyl groups is 1. The van der Waals surface area contributed by atoms with Gasteiger partial charge in [-0.15, -0.1) is 0 Å². The molecule has 3 amide bonds. The Morgan fingerprint density at radius 2 is 1.86 bits per heavy atom. The minimum Gasteiger partial charge on any atom is -0.493 e. The van der Waals surface area contributed by atoms with Crippen molar-refractivity contribution in [2.24, 2.45) is 4.99 Å². The number of anilines is 2. The predicted molar refractivity (Wildman–Crippen MR) is 109 cm³/mol. The quantitative estimate of drug-likeness (QED) is 0.677. The summed E-state index contributed by atoms with van der Waals surface area (Å²) in [5, 5.41) is 14.7. The maximum absolute atomic E-state index is 12.6. The highest BCUT2D eigenvalue weighted by Gasteiger charge is 2.28. The van der Waals surface area contributed by atoms with Crippen LogP contribution in [-0.4, -0.2) is 41.6 Å². The summed E-state index contributed by atoms with van der Waals surface area (Å²) in [5.74, 6) is -1.15.